The van der Waals surface area contributed by atoms with Crippen molar-refractivity contribution in [2.75, 3.05) is 48.3 Å². The molecule has 2 aliphatic heterocycles. The van der Waals surface area contributed by atoms with Gasteiger partial charge in [-0.2, -0.15) is 18.3 Å². The predicted octanol–water partition coefficient (Wildman–Crippen LogP) is 9.58. The van der Waals surface area contributed by atoms with Gasteiger partial charge in [0.1, 0.15) is 27.6 Å². The zero-order valence-electron chi connectivity index (χ0n) is 33.5. The molecular formula is C39H54F3N7O6S. The van der Waals surface area contributed by atoms with Gasteiger partial charge >= 0.3 is 18.4 Å². The molecule has 0 aliphatic carbocycles. The van der Waals surface area contributed by atoms with Crippen molar-refractivity contribution in [1.29, 1.82) is 0 Å². The molecule has 3 aromatic rings. The summed E-state index contributed by atoms with van der Waals surface area (Å²) in [6.07, 6.45) is -1.91. The van der Waals surface area contributed by atoms with E-state index in [0.717, 1.165) is 49.5 Å². The molecule has 56 heavy (non-hydrogen) atoms. The van der Waals surface area contributed by atoms with Crippen molar-refractivity contribution < 1.29 is 41.8 Å². The summed E-state index contributed by atoms with van der Waals surface area (Å²) in [5.41, 5.74) is -0.978. The smallest absolute Gasteiger partial charge is 0.435 e. The van der Waals surface area contributed by atoms with Crippen molar-refractivity contribution in [2.45, 2.75) is 118 Å². The highest BCUT2D eigenvalue weighted by Gasteiger charge is 2.39. The van der Waals surface area contributed by atoms with Crippen LogP contribution in [0, 0.1) is 5.41 Å². The standard InChI is InChI=1S/C39H54F3N7O6S/c1-9-38(24-47(10-2)35(52)55-37(6,7)8)16-18-48(19-17-38)28-15-14-25(43-34(51)54-36(3,4)5)21-26(28)44-32(50)27-23-56-33(45-27)29-22-30(39(40,41)42)46-49(29)31-13-11-12-20-53-31/h14-15,21-23,31H,9-13,16-20,24H2,1-8H3,(H,43,51)(H,44,50). The number of amides is 3. The molecule has 2 aliphatic rings. The number of hydrogen-bond acceptors (Lipinski definition) is 10. The van der Waals surface area contributed by atoms with E-state index in [4.69, 9.17) is 14.2 Å². The molecule has 0 radical (unpaired) electrons. The molecule has 1 unspecified atom stereocenters. The van der Waals surface area contributed by atoms with Crippen LogP contribution in [0.1, 0.15) is 116 Å². The molecule has 2 saturated heterocycles. The van der Waals surface area contributed by atoms with E-state index in [1.807, 2.05) is 33.8 Å². The van der Waals surface area contributed by atoms with Crippen molar-refractivity contribution in [3.63, 3.8) is 0 Å². The van der Waals surface area contributed by atoms with E-state index in [9.17, 15) is 27.6 Å². The Hall–Kier alpha value is -4.38. The van der Waals surface area contributed by atoms with Gasteiger partial charge in [0.15, 0.2) is 11.9 Å². The number of nitrogens with zero attached hydrogens (tertiary/aromatic N) is 5. The van der Waals surface area contributed by atoms with Gasteiger partial charge in [-0.1, -0.05) is 6.92 Å². The molecule has 2 aromatic heterocycles. The van der Waals surface area contributed by atoms with Crippen LogP contribution in [0.4, 0.5) is 39.8 Å². The monoisotopic (exact) mass is 805 g/mol. The van der Waals surface area contributed by atoms with E-state index in [2.05, 4.69) is 32.5 Å². The number of piperidine rings is 1. The average Bonchev–Trinajstić information content (AvgIpc) is 3.79. The van der Waals surface area contributed by atoms with Crippen molar-refractivity contribution in [3.05, 3.63) is 41.0 Å². The molecule has 308 valence electrons. The Morgan fingerprint density at radius 3 is 2.29 bits per heavy atom. The first-order valence-electron chi connectivity index (χ1n) is 19.1. The lowest BCUT2D eigenvalue weighted by molar-refractivity contribution is -0.142. The topological polar surface area (TPSA) is 140 Å². The van der Waals surface area contributed by atoms with Crippen LogP contribution in [0.3, 0.4) is 0 Å². The average molecular weight is 806 g/mol. The van der Waals surface area contributed by atoms with Crippen LogP contribution in [-0.2, 0) is 20.4 Å². The van der Waals surface area contributed by atoms with Crippen LogP contribution in [0.25, 0.3) is 10.7 Å². The minimum atomic E-state index is -4.68. The van der Waals surface area contributed by atoms with E-state index in [1.165, 1.54) is 10.1 Å². The van der Waals surface area contributed by atoms with Crippen molar-refractivity contribution in [3.8, 4) is 10.7 Å². The minimum Gasteiger partial charge on any atom is -0.444 e. The highest BCUT2D eigenvalue weighted by atomic mass is 32.1. The Morgan fingerprint density at radius 1 is 1.00 bits per heavy atom. The van der Waals surface area contributed by atoms with Gasteiger partial charge < -0.3 is 29.3 Å². The Kier molecular flexibility index (Phi) is 13.0. The summed E-state index contributed by atoms with van der Waals surface area (Å²) in [5, 5.41) is 11.2. The number of carbonyl (C=O) groups excluding carboxylic acids is 3. The largest absolute Gasteiger partial charge is 0.444 e. The summed E-state index contributed by atoms with van der Waals surface area (Å²) in [7, 11) is 0. The van der Waals surface area contributed by atoms with Crippen LogP contribution >= 0.6 is 11.3 Å². The Labute approximate surface area is 330 Å². The van der Waals surface area contributed by atoms with Gasteiger partial charge in [-0.3, -0.25) is 10.1 Å². The number of rotatable bonds is 10. The second-order valence-corrected chi connectivity index (χ2v) is 17.2. The fourth-order valence-corrected chi connectivity index (χ4v) is 7.61. The second-order valence-electron chi connectivity index (χ2n) is 16.4. The molecule has 2 N–H and O–H groups in total. The fraction of sp³-hybridized carbons (Fsp3) is 0.615. The Bertz CT molecular complexity index is 1850. The molecule has 1 atom stereocenters. The third-order valence-corrected chi connectivity index (χ3v) is 10.6. The van der Waals surface area contributed by atoms with Crippen LogP contribution in [0.2, 0.25) is 0 Å². The van der Waals surface area contributed by atoms with E-state index < -0.39 is 41.3 Å². The summed E-state index contributed by atoms with van der Waals surface area (Å²) in [4.78, 5) is 47.9. The summed E-state index contributed by atoms with van der Waals surface area (Å²) >= 11 is 1.03. The van der Waals surface area contributed by atoms with Crippen LogP contribution in [0.15, 0.2) is 29.6 Å². The third kappa shape index (κ3) is 10.9. The molecule has 2 fully saturated rings. The van der Waals surface area contributed by atoms with Crippen LogP contribution < -0.4 is 15.5 Å². The first-order valence-corrected chi connectivity index (χ1v) is 20.0. The lowest BCUT2D eigenvalue weighted by Gasteiger charge is -2.45. The molecule has 5 rings (SSSR count). The zero-order valence-corrected chi connectivity index (χ0v) is 34.3. The number of benzene rings is 1. The van der Waals surface area contributed by atoms with Gasteiger partial charge in [-0.05, 0) is 117 Å². The maximum Gasteiger partial charge on any atom is 0.435 e. The fourth-order valence-electron chi connectivity index (χ4n) is 6.80. The number of anilines is 3. The number of nitrogens with one attached hydrogen (secondary N) is 2. The normalized spacial score (nSPS) is 17.6. The quantitative estimate of drug-likeness (QED) is 0.205. The number of carbonyl (C=O) groups is 3. The summed E-state index contributed by atoms with van der Waals surface area (Å²) in [6, 6.07) is 6.11. The molecule has 1 aromatic carbocycles. The lowest BCUT2D eigenvalue weighted by atomic mass is 9.75. The molecule has 0 bridgehead atoms. The maximum absolute atomic E-state index is 13.9. The number of aromatic nitrogens is 3. The highest BCUT2D eigenvalue weighted by Crippen LogP contribution is 2.41. The number of hydrogen-bond donors (Lipinski definition) is 2. The number of halogens is 3. The molecule has 4 heterocycles. The molecule has 13 nitrogen and oxygen atoms in total. The Morgan fingerprint density at radius 2 is 1.70 bits per heavy atom. The van der Waals surface area contributed by atoms with Gasteiger partial charge in [-0.15, -0.1) is 11.3 Å². The van der Waals surface area contributed by atoms with Crippen molar-refractivity contribution >= 4 is 46.5 Å². The number of alkyl halides is 3. The van der Waals surface area contributed by atoms with Gasteiger partial charge in [0.2, 0.25) is 0 Å². The van der Waals surface area contributed by atoms with E-state index in [1.54, 1.807) is 37.8 Å². The minimum absolute atomic E-state index is 0.00207. The van der Waals surface area contributed by atoms with Gasteiger partial charge in [0, 0.05) is 43.9 Å². The first-order chi connectivity index (χ1) is 26.2. The molecule has 17 heteroatoms. The highest BCUT2D eigenvalue weighted by molar-refractivity contribution is 7.13. The van der Waals surface area contributed by atoms with E-state index in [0.29, 0.717) is 56.3 Å². The van der Waals surface area contributed by atoms with Crippen molar-refractivity contribution in [2.24, 2.45) is 5.41 Å². The van der Waals surface area contributed by atoms with E-state index in [-0.39, 0.29) is 27.9 Å². The van der Waals surface area contributed by atoms with Gasteiger partial charge in [0.25, 0.3) is 5.91 Å². The number of thiazole rings is 1. The maximum atomic E-state index is 13.9. The lowest BCUT2D eigenvalue weighted by Crippen LogP contribution is -2.48. The molecule has 3 amide bonds. The van der Waals surface area contributed by atoms with E-state index >= 15 is 0 Å². The SMILES string of the molecule is CCN(CC1(CC)CCN(c2ccc(NC(=O)OC(C)(C)C)cc2NC(=O)c2csc(-c3cc(C(F)(F)F)nn3C3CCCCO3)n2)CC1)C(=O)OC(C)(C)C. The summed E-state index contributed by atoms with van der Waals surface area (Å²) in [5.74, 6) is -0.588. The third-order valence-electron chi connectivity index (χ3n) is 9.78. The van der Waals surface area contributed by atoms with Gasteiger partial charge in [0.05, 0.1) is 11.4 Å². The van der Waals surface area contributed by atoms with Gasteiger partial charge in [-0.25, -0.2) is 19.3 Å². The van der Waals surface area contributed by atoms with Crippen LogP contribution in [-0.4, -0.2) is 81.7 Å². The molecule has 0 spiro atoms. The Balaban J connectivity index is 1.40. The molecule has 0 saturated carbocycles. The zero-order chi connectivity index (χ0) is 41.1. The summed E-state index contributed by atoms with van der Waals surface area (Å²) < 4.78 is 59.5. The predicted molar refractivity (Wildman–Crippen MR) is 209 cm³/mol. The first kappa shape index (κ1) is 42.8. The number of ether oxygens (including phenoxy) is 3. The van der Waals surface area contributed by atoms with Crippen LogP contribution in [0.5, 0.6) is 0 Å². The summed E-state index contributed by atoms with van der Waals surface area (Å²) in [6.45, 7) is 17.6. The molecular weight excluding hydrogens is 752 g/mol. The second kappa shape index (κ2) is 17.0. The van der Waals surface area contributed by atoms with Crippen molar-refractivity contribution in [1.82, 2.24) is 19.7 Å².